The minimum absolute atomic E-state index is 0.223. The zero-order valence-electron chi connectivity index (χ0n) is 15.3. The summed E-state index contributed by atoms with van der Waals surface area (Å²) < 4.78 is 6.65. The molecule has 0 aliphatic rings. The van der Waals surface area contributed by atoms with Crippen LogP contribution in [0.4, 0.5) is 5.69 Å². The number of hydrogen-bond acceptors (Lipinski definition) is 5. The van der Waals surface area contributed by atoms with Crippen LogP contribution in [0.2, 0.25) is 0 Å². The molecule has 0 fully saturated rings. The van der Waals surface area contributed by atoms with Crippen LogP contribution in [0.15, 0.2) is 59.7 Å². The van der Waals surface area contributed by atoms with Crippen molar-refractivity contribution in [1.82, 2.24) is 14.9 Å². The van der Waals surface area contributed by atoms with Gasteiger partial charge in [-0.25, -0.2) is 4.98 Å². The first kappa shape index (κ1) is 19.1. The van der Waals surface area contributed by atoms with Crippen LogP contribution in [0.1, 0.15) is 6.92 Å². The van der Waals surface area contributed by atoms with E-state index in [-0.39, 0.29) is 18.6 Å². The lowest BCUT2D eigenvalue weighted by atomic mass is 10.2. The summed E-state index contributed by atoms with van der Waals surface area (Å²) in [6.07, 6.45) is 1.32. The zero-order valence-corrected chi connectivity index (χ0v) is 15.3. The molecule has 0 spiro atoms. The fourth-order valence-electron chi connectivity index (χ4n) is 2.65. The second-order valence-corrected chi connectivity index (χ2v) is 5.95. The third kappa shape index (κ3) is 4.53. The zero-order chi connectivity index (χ0) is 19.9. The average molecular weight is 380 g/mol. The van der Waals surface area contributed by atoms with Crippen LogP contribution >= 0.6 is 0 Å². The van der Waals surface area contributed by atoms with Crippen molar-refractivity contribution in [3.8, 4) is 5.75 Å². The van der Waals surface area contributed by atoms with Gasteiger partial charge in [0.1, 0.15) is 12.3 Å². The van der Waals surface area contributed by atoms with E-state index in [1.807, 2.05) is 6.92 Å². The van der Waals surface area contributed by atoms with E-state index in [0.29, 0.717) is 28.9 Å². The lowest BCUT2D eigenvalue weighted by Gasteiger charge is -2.12. The maximum atomic E-state index is 12.4. The molecule has 144 valence electrons. The predicted molar refractivity (Wildman–Crippen MR) is 105 cm³/mol. The molecule has 0 bridgehead atoms. The van der Waals surface area contributed by atoms with Gasteiger partial charge in [0.15, 0.2) is 0 Å². The molecule has 0 radical (unpaired) electrons. The van der Waals surface area contributed by atoms with Gasteiger partial charge < -0.3 is 15.4 Å². The highest BCUT2D eigenvalue weighted by atomic mass is 16.5. The summed E-state index contributed by atoms with van der Waals surface area (Å²) >= 11 is 0. The number of aromatic nitrogens is 2. The van der Waals surface area contributed by atoms with E-state index >= 15 is 0 Å². The Bertz CT molecular complexity index is 1060. The molecule has 2 aromatic carbocycles. The molecule has 0 aliphatic carbocycles. The van der Waals surface area contributed by atoms with Gasteiger partial charge in [0.2, 0.25) is 11.8 Å². The highest BCUT2D eigenvalue weighted by molar-refractivity contribution is 5.95. The van der Waals surface area contributed by atoms with E-state index in [9.17, 15) is 14.4 Å². The Morgan fingerprint density at radius 1 is 1.07 bits per heavy atom. The number of ether oxygens (including phenoxy) is 1. The van der Waals surface area contributed by atoms with Crippen LogP contribution in [-0.4, -0.2) is 34.5 Å². The number of anilines is 1. The van der Waals surface area contributed by atoms with Gasteiger partial charge in [0.25, 0.3) is 5.56 Å². The number of nitrogens with zero attached hydrogens (tertiary/aromatic N) is 2. The Morgan fingerprint density at radius 2 is 1.82 bits per heavy atom. The molecule has 1 heterocycles. The number of fused-ring (bicyclic) bond motifs is 1. The molecule has 1 aromatic heterocycles. The van der Waals surface area contributed by atoms with Crippen molar-refractivity contribution >= 4 is 28.4 Å². The topological polar surface area (TPSA) is 102 Å². The number of hydrogen-bond donors (Lipinski definition) is 2. The van der Waals surface area contributed by atoms with E-state index in [1.165, 1.54) is 10.9 Å². The summed E-state index contributed by atoms with van der Waals surface area (Å²) in [5.41, 5.74) is 0.783. The molecule has 0 saturated heterocycles. The van der Waals surface area contributed by atoms with Crippen LogP contribution in [0.3, 0.4) is 0 Å². The molecule has 3 aromatic rings. The number of carbonyl (C=O) groups excluding carboxylic acids is 2. The second kappa shape index (κ2) is 8.81. The quantitative estimate of drug-likeness (QED) is 0.647. The van der Waals surface area contributed by atoms with Crippen molar-refractivity contribution < 1.29 is 14.3 Å². The summed E-state index contributed by atoms with van der Waals surface area (Å²) in [6, 6.07) is 13.9. The second-order valence-electron chi connectivity index (χ2n) is 5.95. The molecular weight excluding hydrogens is 360 g/mol. The monoisotopic (exact) mass is 380 g/mol. The normalized spacial score (nSPS) is 10.5. The van der Waals surface area contributed by atoms with E-state index < -0.39 is 11.8 Å². The Kier molecular flexibility index (Phi) is 6.01. The first-order chi connectivity index (χ1) is 13.6. The van der Waals surface area contributed by atoms with Gasteiger partial charge >= 0.3 is 0 Å². The highest BCUT2D eigenvalue weighted by Crippen LogP contribution is 2.23. The molecular formula is C20H20N4O4. The number of nitrogens with one attached hydrogen (secondary N) is 2. The maximum Gasteiger partial charge on any atom is 0.261 e. The number of amides is 2. The fourth-order valence-corrected chi connectivity index (χ4v) is 2.65. The van der Waals surface area contributed by atoms with Crippen LogP contribution in [0, 0.1) is 0 Å². The third-order valence-electron chi connectivity index (χ3n) is 3.95. The van der Waals surface area contributed by atoms with Crippen LogP contribution in [0.5, 0.6) is 5.75 Å². The van der Waals surface area contributed by atoms with Gasteiger partial charge in [-0.2, -0.15) is 0 Å². The standard InChI is InChI=1S/C20H20N4O4/c1-2-28-17-10-6-5-9-16(17)23-18(25)11-21-19(26)12-24-13-22-15-8-4-3-7-14(15)20(24)27/h3-10,13H,2,11-12H2,1H3,(H,21,26)(H,23,25). The fraction of sp³-hybridized carbons (Fsp3) is 0.200. The first-order valence-electron chi connectivity index (χ1n) is 8.81. The largest absolute Gasteiger partial charge is 0.492 e. The van der Waals surface area contributed by atoms with Gasteiger partial charge in [0, 0.05) is 0 Å². The van der Waals surface area contributed by atoms with E-state index in [1.54, 1.807) is 48.5 Å². The van der Waals surface area contributed by atoms with Gasteiger partial charge in [-0.15, -0.1) is 0 Å². The van der Waals surface area contributed by atoms with Crippen molar-refractivity contribution in [3.63, 3.8) is 0 Å². The molecule has 8 nitrogen and oxygen atoms in total. The summed E-state index contributed by atoms with van der Waals surface area (Å²) in [5, 5.41) is 5.62. The number of benzene rings is 2. The van der Waals surface area contributed by atoms with Gasteiger partial charge in [-0.3, -0.25) is 19.0 Å². The van der Waals surface area contributed by atoms with E-state index in [2.05, 4.69) is 15.6 Å². The lowest BCUT2D eigenvalue weighted by molar-refractivity contribution is -0.124. The van der Waals surface area contributed by atoms with Crippen molar-refractivity contribution in [3.05, 3.63) is 65.2 Å². The molecule has 3 rings (SSSR count). The number of rotatable bonds is 7. The summed E-state index contributed by atoms with van der Waals surface area (Å²) in [5.74, 6) is -0.310. The Labute approximate surface area is 161 Å². The average Bonchev–Trinajstić information content (AvgIpc) is 2.70. The first-order valence-corrected chi connectivity index (χ1v) is 8.81. The van der Waals surface area contributed by atoms with Gasteiger partial charge in [0.05, 0.1) is 36.1 Å². The third-order valence-corrected chi connectivity index (χ3v) is 3.95. The van der Waals surface area contributed by atoms with Crippen LogP contribution in [0.25, 0.3) is 10.9 Å². The molecule has 0 atom stereocenters. The molecule has 2 amide bonds. The van der Waals surface area contributed by atoms with Crippen molar-refractivity contribution in [1.29, 1.82) is 0 Å². The maximum absolute atomic E-state index is 12.4. The summed E-state index contributed by atoms with van der Waals surface area (Å²) in [4.78, 5) is 40.8. The molecule has 28 heavy (non-hydrogen) atoms. The van der Waals surface area contributed by atoms with Crippen LogP contribution in [-0.2, 0) is 16.1 Å². The Hall–Kier alpha value is -3.68. The molecule has 8 heteroatoms. The molecule has 0 saturated carbocycles. The minimum atomic E-state index is -0.465. The lowest BCUT2D eigenvalue weighted by Crippen LogP contribution is -2.37. The number of carbonyl (C=O) groups is 2. The number of para-hydroxylation sites is 3. The van der Waals surface area contributed by atoms with Gasteiger partial charge in [-0.1, -0.05) is 24.3 Å². The van der Waals surface area contributed by atoms with Crippen molar-refractivity contribution in [2.45, 2.75) is 13.5 Å². The molecule has 2 N–H and O–H groups in total. The summed E-state index contributed by atoms with van der Waals surface area (Å²) in [6.45, 7) is 1.87. The Morgan fingerprint density at radius 3 is 2.64 bits per heavy atom. The Balaban J connectivity index is 1.58. The molecule has 0 unspecified atom stereocenters. The predicted octanol–water partition coefficient (Wildman–Crippen LogP) is 1.55. The minimum Gasteiger partial charge on any atom is -0.492 e. The van der Waals surface area contributed by atoms with E-state index in [4.69, 9.17) is 4.74 Å². The van der Waals surface area contributed by atoms with Crippen molar-refractivity contribution in [2.24, 2.45) is 0 Å². The van der Waals surface area contributed by atoms with Crippen LogP contribution < -0.4 is 20.9 Å². The summed E-state index contributed by atoms with van der Waals surface area (Å²) in [7, 11) is 0. The van der Waals surface area contributed by atoms with E-state index in [0.717, 1.165) is 0 Å². The smallest absolute Gasteiger partial charge is 0.261 e. The van der Waals surface area contributed by atoms with Crippen molar-refractivity contribution in [2.75, 3.05) is 18.5 Å². The van der Waals surface area contributed by atoms with Gasteiger partial charge in [-0.05, 0) is 31.2 Å². The molecule has 0 aliphatic heterocycles. The SMILES string of the molecule is CCOc1ccccc1NC(=O)CNC(=O)Cn1cnc2ccccc2c1=O. The highest BCUT2D eigenvalue weighted by Gasteiger charge is 2.11.